The third-order valence-corrected chi connectivity index (χ3v) is 5.64. The average molecular weight is 402 g/mol. The highest BCUT2D eigenvalue weighted by Gasteiger charge is 2.26. The molecule has 0 atom stereocenters. The summed E-state index contributed by atoms with van der Waals surface area (Å²) in [6.45, 7) is 4.19. The Morgan fingerprint density at radius 1 is 1.24 bits per heavy atom. The zero-order valence-electron chi connectivity index (χ0n) is 16.5. The smallest absolute Gasteiger partial charge is 0.284 e. The minimum atomic E-state index is -2.77. The predicted molar refractivity (Wildman–Crippen MR) is 104 cm³/mol. The molecule has 0 aliphatic heterocycles. The van der Waals surface area contributed by atoms with Crippen molar-refractivity contribution in [3.8, 4) is 0 Å². The number of nitrogens with one attached hydrogen (secondary N) is 1. The fraction of sp³-hybridized carbons (Fsp3) is 0.500. The SMILES string of the molecule is CCc1cnc2c(C(=O)Nc3cn([C@H]4CC[C@H](C)CC4)nc3C(F)F)cnn2c1. The van der Waals surface area contributed by atoms with E-state index in [0.717, 1.165) is 37.7 Å². The summed E-state index contributed by atoms with van der Waals surface area (Å²) in [5.41, 5.74) is 1.22. The van der Waals surface area contributed by atoms with E-state index in [4.69, 9.17) is 0 Å². The van der Waals surface area contributed by atoms with Gasteiger partial charge in [-0.1, -0.05) is 13.8 Å². The van der Waals surface area contributed by atoms with Crippen molar-refractivity contribution in [2.75, 3.05) is 5.32 Å². The number of fused-ring (bicyclic) bond motifs is 1. The monoisotopic (exact) mass is 402 g/mol. The normalized spacial score (nSPS) is 19.8. The van der Waals surface area contributed by atoms with Crippen LogP contribution in [0.25, 0.3) is 5.65 Å². The first-order valence-corrected chi connectivity index (χ1v) is 9.97. The number of aromatic nitrogens is 5. The molecule has 29 heavy (non-hydrogen) atoms. The van der Waals surface area contributed by atoms with Crippen molar-refractivity contribution in [3.05, 3.63) is 41.6 Å². The minimum Gasteiger partial charge on any atom is -0.319 e. The molecule has 0 bridgehead atoms. The zero-order chi connectivity index (χ0) is 20.5. The fourth-order valence-corrected chi connectivity index (χ4v) is 3.80. The van der Waals surface area contributed by atoms with Crippen molar-refractivity contribution in [2.24, 2.45) is 5.92 Å². The van der Waals surface area contributed by atoms with Crippen LogP contribution in [0.4, 0.5) is 14.5 Å². The molecular formula is C20H24F2N6O. The number of hydrogen-bond acceptors (Lipinski definition) is 4. The van der Waals surface area contributed by atoms with Gasteiger partial charge in [-0.05, 0) is 43.6 Å². The Kier molecular flexibility index (Phi) is 5.29. The van der Waals surface area contributed by atoms with Gasteiger partial charge in [-0.25, -0.2) is 18.3 Å². The lowest BCUT2D eigenvalue weighted by Crippen LogP contribution is -2.17. The summed E-state index contributed by atoms with van der Waals surface area (Å²) in [4.78, 5) is 17.0. The number of aryl methyl sites for hydroxylation is 1. The van der Waals surface area contributed by atoms with E-state index >= 15 is 0 Å². The molecule has 1 aliphatic carbocycles. The Morgan fingerprint density at radius 2 is 2.00 bits per heavy atom. The lowest BCUT2D eigenvalue weighted by atomic mass is 9.87. The third-order valence-electron chi connectivity index (χ3n) is 5.64. The molecule has 0 spiro atoms. The predicted octanol–water partition coefficient (Wildman–Crippen LogP) is 4.43. The second kappa shape index (κ2) is 7.88. The number of nitrogens with zero attached hydrogens (tertiary/aromatic N) is 5. The van der Waals surface area contributed by atoms with Crippen LogP contribution in [0.5, 0.6) is 0 Å². The molecule has 1 saturated carbocycles. The van der Waals surface area contributed by atoms with Gasteiger partial charge in [0.25, 0.3) is 12.3 Å². The summed E-state index contributed by atoms with van der Waals surface area (Å²) in [5, 5.41) is 10.8. The molecule has 3 aromatic rings. The van der Waals surface area contributed by atoms with E-state index < -0.39 is 18.0 Å². The van der Waals surface area contributed by atoms with Crippen LogP contribution >= 0.6 is 0 Å². The first-order valence-electron chi connectivity index (χ1n) is 9.97. The number of halogens is 2. The molecule has 3 heterocycles. The average Bonchev–Trinajstić information content (AvgIpc) is 3.32. The summed E-state index contributed by atoms with van der Waals surface area (Å²) in [6, 6.07) is 0.0838. The standard InChI is InChI=1S/C20H24F2N6O/c1-3-13-8-23-19-15(9-24-28(19)10-13)20(29)25-16-11-27(26-17(16)18(21)22)14-6-4-12(2)5-7-14/h8-12,14,18H,3-7H2,1-2H3,(H,25,29)/t12-,14-. The Labute approximate surface area is 167 Å². The molecule has 7 nitrogen and oxygen atoms in total. The lowest BCUT2D eigenvalue weighted by molar-refractivity contribution is 0.102. The van der Waals surface area contributed by atoms with Gasteiger partial charge in [-0.2, -0.15) is 10.2 Å². The van der Waals surface area contributed by atoms with Crippen LogP contribution in [0.3, 0.4) is 0 Å². The van der Waals surface area contributed by atoms with Crippen LogP contribution in [0.15, 0.2) is 24.8 Å². The molecule has 3 aromatic heterocycles. The quantitative estimate of drug-likeness (QED) is 0.685. The molecule has 0 saturated heterocycles. The van der Waals surface area contributed by atoms with Crippen LogP contribution in [-0.2, 0) is 6.42 Å². The molecule has 154 valence electrons. The van der Waals surface area contributed by atoms with Crippen LogP contribution < -0.4 is 5.32 Å². The molecule has 0 radical (unpaired) electrons. The highest BCUT2D eigenvalue weighted by Crippen LogP contribution is 2.34. The molecular weight excluding hydrogens is 378 g/mol. The van der Waals surface area contributed by atoms with Crippen molar-refractivity contribution in [1.29, 1.82) is 0 Å². The number of hydrogen-bond donors (Lipinski definition) is 1. The van der Waals surface area contributed by atoms with Crippen molar-refractivity contribution >= 4 is 17.2 Å². The fourth-order valence-electron chi connectivity index (χ4n) is 3.80. The topological polar surface area (TPSA) is 77.1 Å². The number of anilines is 1. The van der Waals surface area contributed by atoms with E-state index in [0.29, 0.717) is 11.6 Å². The number of carbonyl (C=O) groups excluding carboxylic acids is 1. The molecule has 4 rings (SSSR count). The molecule has 1 fully saturated rings. The highest BCUT2D eigenvalue weighted by molar-refractivity contribution is 6.08. The summed E-state index contributed by atoms with van der Waals surface area (Å²) < 4.78 is 30.2. The summed E-state index contributed by atoms with van der Waals surface area (Å²) in [6.07, 6.45) is 8.30. The maximum atomic E-state index is 13.5. The van der Waals surface area contributed by atoms with Gasteiger partial charge >= 0.3 is 0 Å². The van der Waals surface area contributed by atoms with Crippen LogP contribution in [0.1, 0.15) is 73.6 Å². The Hall–Kier alpha value is -2.84. The second-order valence-corrected chi connectivity index (χ2v) is 7.72. The third kappa shape index (κ3) is 3.86. The van der Waals surface area contributed by atoms with Crippen molar-refractivity contribution < 1.29 is 13.6 Å². The molecule has 0 unspecified atom stereocenters. The molecule has 1 amide bonds. The Bertz CT molecular complexity index is 1020. The summed E-state index contributed by atoms with van der Waals surface area (Å²) in [7, 11) is 0. The van der Waals surface area contributed by atoms with Crippen LogP contribution in [0.2, 0.25) is 0 Å². The van der Waals surface area contributed by atoms with E-state index in [1.165, 1.54) is 16.9 Å². The summed E-state index contributed by atoms with van der Waals surface area (Å²) in [5.74, 6) is 0.113. The van der Waals surface area contributed by atoms with Gasteiger partial charge in [0.05, 0.1) is 17.9 Å². The van der Waals surface area contributed by atoms with Gasteiger partial charge < -0.3 is 5.32 Å². The molecule has 0 aromatic carbocycles. The summed E-state index contributed by atoms with van der Waals surface area (Å²) >= 11 is 0. The number of amides is 1. The first kappa shape index (κ1) is 19.5. The number of rotatable bonds is 5. The van der Waals surface area contributed by atoms with E-state index in [9.17, 15) is 13.6 Å². The Morgan fingerprint density at radius 3 is 2.69 bits per heavy atom. The zero-order valence-corrected chi connectivity index (χ0v) is 16.5. The second-order valence-electron chi connectivity index (χ2n) is 7.72. The first-order chi connectivity index (χ1) is 14.0. The minimum absolute atomic E-state index is 0.0353. The lowest BCUT2D eigenvalue weighted by Gasteiger charge is -2.26. The van der Waals surface area contributed by atoms with Crippen molar-refractivity contribution in [2.45, 2.75) is 58.4 Å². The van der Waals surface area contributed by atoms with Crippen LogP contribution in [0, 0.1) is 5.92 Å². The van der Waals surface area contributed by atoms with Crippen molar-refractivity contribution in [1.82, 2.24) is 24.4 Å². The van der Waals surface area contributed by atoms with E-state index in [2.05, 4.69) is 27.4 Å². The van der Waals surface area contributed by atoms with E-state index in [-0.39, 0.29) is 17.3 Å². The maximum Gasteiger partial charge on any atom is 0.284 e. The van der Waals surface area contributed by atoms with Gasteiger partial charge in [-0.15, -0.1) is 0 Å². The van der Waals surface area contributed by atoms with Gasteiger partial charge in [-0.3, -0.25) is 9.48 Å². The van der Waals surface area contributed by atoms with E-state index in [1.807, 2.05) is 6.92 Å². The van der Waals surface area contributed by atoms with Crippen LogP contribution in [-0.4, -0.2) is 30.3 Å². The van der Waals surface area contributed by atoms with Gasteiger partial charge in [0, 0.05) is 18.6 Å². The van der Waals surface area contributed by atoms with Gasteiger partial charge in [0.1, 0.15) is 5.56 Å². The molecule has 1 aliphatic rings. The number of carbonyl (C=O) groups is 1. The van der Waals surface area contributed by atoms with Gasteiger partial charge in [0.2, 0.25) is 0 Å². The largest absolute Gasteiger partial charge is 0.319 e. The van der Waals surface area contributed by atoms with Gasteiger partial charge in [0.15, 0.2) is 11.3 Å². The maximum absolute atomic E-state index is 13.5. The highest BCUT2D eigenvalue weighted by atomic mass is 19.3. The molecule has 1 N–H and O–H groups in total. The number of alkyl halides is 2. The molecule has 9 heteroatoms. The van der Waals surface area contributed by atoms with E-state index in [1.54, 1.807) is 17.1 Å². The van der Waals surface area contributed by atoms with Crippen molar-refractivity contribution in [3.63, 3.8) is 0 Å². The Balaban J connectivity index is 1.59.